The molecule has 4 N–H and O–H groups in total. The van der Waals surface area contributed by atoms with Gasteiger partial charge in [0, 0.05) is 28.7 Å². The Morgan fingerprint density at radius 1 is 1.10 bits per heavy atom. The Hall–Kier alpha value is -3.71. The van der Waals surface area contributed by atoms with E-state index < -0.39 is 6.23 Å². The highest BCUT2D eigenvalue weighted by molar-refractivity contribution is 5.97. The Balaban J connectivity index is 1.49. The lowest BCUT2D eigenvalue weighted by molar-refractivity contribution is 0.190. The second-order valence-electron chi connectivity index (χ2n) is 7.72. The topological polar surface area (TPSA) is 103 Å². The van der Waals surface area contributed by atoms with Crippen LogP contribution in [0, 0.1) is 0 Å². The largest absolute Gasteiger partial charge is 0.374 e. The maximum absolute atomic E-state index is 10.2. The van der Waals surface area contributed by atoms with Gasteiger partial charge >= 0.3 is 0 Å². The zero-order valence-corrected chi connectivity index (χ0v) is 17.3. The minimum absolute atomic E-state index is 0.574. The van der Waals surface area contributed by atoms with Crippen LogP contribution in [0.2, 0.25) is 0 Å². The van der Waals surface area contributed by atoms with Crippen LogP contribution in [0.25, 0.3) is 44.5 Å². The van der Waals surface area contributed by atoms with Gasteiger partial charge in [-0.25, -0.2) is 4.98 Å². The zero-order chi connectivity index (χ0) is 21.2. The van der Waals surface area contributed by atoms with E-state index in [1.807, 2.05) is 36.5 Å². The molecule has 156 valence electrons. The predicted octanol–water partition coefficient (Wildman–Crippen LogP) is 5.09. The molecule has 31 heavy (non-hydrogen) atoms. The highest BCUT2D eigenvalue weighted by Crippen LogP contribution is 2.32. The molecule has 0 aliphatic carbocycles. The van der Waals surface area contributed by atoms with Gasteiger partial charge in [-0.2, -0.15) is 5.10 Å². The summed E-state index contributed by atoms with van der Waals surface area (Å²) in [5, 5.41) is 23.0. The van der Waals surface area contributed by atoms with Gasteiger partial charge in [0.1, 0.15) is 17.6 Å². The van der Waals surface area contributed by atoms with E-state index in [1.165, 1.54) is 0 Å². The first-order valence-electron chi connectivity index (χ1n) is 10.5. The number of anilines is 1. The van der Waals surface area contributed by atoms with Crippen molar-refractivity contribution < 1.29 is 5.11 Å². The molecule has 0 saturated heterocycles. The van der Waals surface area contributed by atoms with E-state index in [1.54, 1.807) is 12.4 Å². The predicted molar refractivity (Wildman–Crippen MR) is 124 cm³/mol. The summed E-state index contributed by atoms with van der Waals surface area (Å²) in [6, 6.07) is 14.2. The molecule has 0 saturated carbocycles. The van der Waals surface area contributed by atoms with E-state index in [9.17, 15) is 5.11 Å². The fourth-order valence-corrected chi connectivity index (χ4v) is 3.82. The van der Waals surface area contributed by atoms with Crippen LogP contribution < -0.4 is 5.32 Å². The van der Waals surface area contributed by atoms with Crippen molar-refractivity contribution in [3.8, 4) is 22.5 Å². The number of unbranched alkanes of at least 4 members (excludes halogenated alkanes) is 1. The quantitative estimate of drug-likeness (QED) is 0.279. The molecule has 0 spiro atoms. The number of aromatic nitrogens is 5. The van der Waals surface area contributed by atoms with E-state index in [0.717, 1.165) is 63.0 Å². The molecule has 0 fully saturated rings. The normalized spacial score (nSPS) is 12.5. The Labute approximate surface area is 179 Å². The number of aliphatic hydroxyl groups is 1. The molecule has 0 amide bonds. The number of benzene rings is 1. The number of nitrogens with one attached hydrogen (secondary N) is 3. The number of H-pyrrole nitrogens is 2. The second kappa shape index (κ2) is 8.20. The van der Waals surface area contributed by atoms with Crippen LogP contribution in [-0.4, -0.2) is 36.5 Å². The number of pyridine rings is 2. The summed E-state index contributed by atoms with van der Waals surface area (Å²) < 4.78 is 0. The van der Waals surface area contributed by atoms with Crippen molar-refractivity contribution >= 4 is 27.6 Å². The average Bonchev–Trinajstić information content (AvgIpc) is 3.41. The van der Waals surface area contributed by atoms with E-state index in [2.05, 4.69) is 49.5 Å². The molecule has 5 rings (SSSR count). The molecule has 5 aromatic rings. The summed E-state index contributed by atoms with van der Waals surface area (Å²) >= 11 is 0. The fraction of sp³-hybridized carbons (Fsp3) is 0.208. The van der Waals surface area contributed by atoms with Crippen molar-refractivity contribution in [1.82, 2.24) is 25.1 Å². The molecule has 4 aromatic heterocycles. The molecular formula is C24H24N6O. The molecule has 0 aliphatic rings. The van der Waals surface area contributed by atoms with Gasteiger partial charge in [-0.1, -0.05) is 19.4 Å². The Bertz CT molecular complexity index is 1310. The summed E-state index contributed by atoms with van der Waals surface area (Å²) in [6.45, 7) is 2.11. The second-order valence-corrected chi connectivity index (χ2v) is 7.72. The van der Waals surface area contributed by atoms with Gasteiger partial charge in [-0.05, 0) is 54.8 Å². The molecule has 0 bridgehead atoms. The molecule has 0 radical (unpaired) electrons. The van der Waals surface area contributed by atoms with Gasteiger partial charge in [-0.3, -0.25) is 10.1 Å². The van der Waals surface area contributed by atoms with Crippen molar-refractivity contribution in [1.29, 1.82) is 0 Å². The Morgan fingerprint density at radius 3 is 2.90 bits per heavy atom. The van der Waals surface area contributed by atoms with Crippen LogP contribution in [0.15, 0.2) is 61.1 Å². The number of hydrogen-bond donors (Lipinski definition) is 4. The maximum Gasteiger partial charge on any atom is 0.137 e. The molecule has 1 atom stereocenters. The molecule has 4 heterocycles. The van der Waals surface area contributed by atoms with E-state index in [0.29, 0.717) is 6.42 Å². The third-order valence-corrected chi connectivity index (χ3v) is 5.45. The summed E-state index contributed by atoms with van der Waals surface area (Å²) in [6.07, 6.45) is 7.51. The third kappa shape index (κ3) is 3.87. The minimum atomic E-state index is -0.574. The Morgan fingerprint density at radius 2 is 2.03 bits per heavy atom. The molecule has 7 heteroatoms. The van der Waals surface area contributed by atoms with Crippen LogP contribution in [0.4, 0.5) is 5.69 Å². The van der Waals surface area contributed by atoms with Crippen molar-refractivity contribution in [2.24, 2.45) is 0 Å². The SMILES string of the molecule is CCCCC(O)Nc1cncc(-c2ccc3[nH]nc(-c4cc5cccnc5[nH]4)c3c2)c1. The summed E-state index contributed by atoms with van der Waals surface area (Å²) in [5.41, 5.74) is 6.38. The molecule has 7 nitrogen and oxygen atoms in total. The van der Waals surface area contributed by atoms with Crippen LogP contribution >= 0.6 is 0 Å². The fourth-order valence-electron chi connectivity index (χ4n) is 3.82. The maximum atomic E-state index is 10.2. The van der Waals surface area contributed by atoms with Crippen molar-refractivity contribution in [2.75, 3.05) is 5.32 Å². The first-order valence-corrected chi connectivity index (χ1v) is 10.5. The molecule has 0 aliphatic heterocycles. The van der Waals surface area contributed by atoms with Crippen molar-refractivity contribution in [3.63, 3.8) is 0 Å². The van der Waals surface area contributed by atoms with E-state index >= 15 is 0 Å². The number of aliphatic hydroxyl groups excluding tert-OH is 1. The van der Waals surface area contributed by atoms with E-state index in [-0.39, 0.29) is 0 Å². The van der Waals surface area contributed by atoms with Gasteiger partial charge in [0.05, 0.1) is 23.1 Å². The minimum Gasteiger partial charge on any atom is -0.374 e. The monoisotopic (exact) mass is 412 g/mol. The average molecular weight is 412 g/mol. The first kappa shape index (κ1) is 19.3. The third-order valence-electron chi connectivity index (χ3n) is 5.45. The van der Waals surface area contributed by atoms with Crippen LogP contribution in [-0.2, 0) is 0 Å². The van der Waals surface area contributed by atoms with Gasteiger partial charge in [-0.15, -0.1) is 0 Å². The summed E-state index contributed by atoms with van der Waals surface area (Å²) in [4.78, 5) is 12.1. The van der Waals surface area contributed by atoms with Crippen molar-refractivity contribution in [3.05, 3.63) is 61.1 Å². The van der Waals surface area contributed by atoms with Gasteiger partial charge in [0.15, 0.2) is 0 Å². The van der Waals surface area contributed by atoms with Gasteiger partial charge < -0.3 is 15.4 Å². The highest BCUT2D eigenvalue weighted by atomic mass is 16.3. The molecular weight excluding hydrogens is 388 g/mol. The first-order chi connectivity index (χ1) is 15.2. The van der Waals surface area contributed by atoms with Gasteiger partial charge in [0.25, 0.3) is 0 Å². The zero-order valence-electron chi connectivity index (χ0n) is 17.3. The lowest BCUT2D eigenvalue weighted by Gasteiger charge is -2.14. The summed E-state index contributed by atoms with van der Waals surface area (Å²) in [7, 11) is 0. The Kier molecular flexibility index (Phi) is 5.09. The number of fused-ring (bicyclic) bond motifs is 2. The van der Waals surface area contributed by atoms with Crippen LogP contribution in [0.3, 0.4) is 0 Å². The number of rotatable bonds is 7. The molecule has 1 aromatic carbocycles. The number of nitrogens with zero attached hydrogens (tertiary/aromatic N) is 3. The van der Waals surface area contributed by atoms with Gasteiger partial charge in [0.2, 0.25) is 0 Å². The number of aromatic amines is 2. The highest BCUT2D eigenvalue weighted by Gasteiger charge is 2.13. The lowest BCUT2D eigenvalue weighted by Crippen LogP contribution is -2.18. The van der Waals surface area contributed by atoms with E-state index in [4.69, 9.17) is 0 Å². The summed E-state index contributed by atoms with van der Waals surface area (Å²) in [5.74, 6) is 0. The lowest BCUT2D eigenvalue weighted by atomic mass is 10.0. The molecule has 1 unspecified atom stereocenters. The van der Waals surface area contributed by atoms with Crippen LogP contribution in [0.5, 0.6) is 0 Å². The van der Waals surface area contributed by atoms with Crippen LogP contribution in [0.1, 0.15) is 26.2 Å². The number of hydrogen-bond acceptors (Lipinski definition) is 5. The van der Waals surface area contributed by atoms with Crippen molar-refractivity contribution in [2.45, 2.75) is 32.4 Å². The standard InChI is InChI=1S/C24H24N6O/c1-2-3-6-22(31)27-18-10-17(13-25-14-18)15-7-8-20-19(11-15)23(30-29-20)21-12-16-5-4-9-26-24(16)28-21/h4-5,7-14,22,27,31H,2-3,6H2,1H3,(H,26,28)(H,29,30). The smallest absolute Gasteiger partial charge is 0.137 e.